The van der Waals surface area contributed by atoms with Crippen molar-refractivity contribution in [2.45, 2.75) is 20.8 Å². The van der Waals surface area contributed by atoms with Gasteiger partial charge in [-0.05, 0) is 67.8 Å². The SMILES string of the molecule is Cc1ccccc1C(=O)Nc1ccc(N2CCN(c3cccc(C)c3C)CC2)cc1C(=O)O. The zero-order chi connectivity index (χ0) is 23.5. The molecule has 0 aliphatic carbocycles. The maximum atomic E-state index is 12.7. The summed E-state index contributed by atoms with van der Waals surface area (Å²) in [6.45, 7) is 9.44. The molecule has 0 unspecified atom stereocenters. The molecule has 1 aliphatic rings. The first kappa shape index (κ1) is 22.4. The van der Waals surface area contributed by atoms with Crippen LogP contribution in [0, 0.1) is 20.8 Å². The van der Waals surface area contributed by atoms with Crippen LogP contribution in [0.1, 0.15) is 37.4 Å². The summed E-state index contributed by atoms with van der Waals surface area (Å²) in [4.78, 5) is 29.2. The van der Waals surface area contributed by atoms with E-state index in [2.05, 4.69) is 47.2 Å². The number of nitrogens with zero attached hydrogens (tertiary/aromatic N) is 2. The molecule has 0 bridgehead atoms. The van der Waals surface area contributed by atoms with Crippen LogP contribution in [0.3, 0.4) is 0 Å². The van der Waals surface area contributed by atoms with Gasteiger partial charge in [-0.25, -0.2) is 4.79 Å². The van der Waals surface area contributed by atoms with Gasteiger partial charge >= 0.3 is 5.97 Å². The molecule has 1 amide bonds. The molecule has 1 heterocycles. The third kappa shape index (κ3) is 4.70. The van der Waals surface area contributed by atoms with E-state index in [0.717, 1.165) is 37.4 Å². The third-order valence-electron chi connectivity index (χ3n) is 6.43. The van der Waals surface area contributed by atoms with Gasteiger partial charge in [0.1, 0.15) is 0 Å². The zero-order valence-electron chi connectivity index (χ0n) is 19.3. The van der Waals surface area contributed by atoms with E-state index in [1.165, 1.54) is 16.8 Å². The van der Waals surface area contributed by atoms with Crippen LogP contribution < -0.4 is 15.1 Å². The van der Waals surface area contributed by atoms with Crippen molar-refractivity contribution in [3.05, 3.63) is 88.5 Å². The Morgan fingerprint density at radius 2 is 1.45 bits per heavy atom. The van der Waals surface area contributed by atoms with Crippen molar-refractivity contribution < 1.29 is 14.7 Å². The monoisotopic (exact) mass is 443 g/mol. The smallest absolute Gasteiger partial charge is 0.337 e. The molecular formula is C27H29N3O3. The van der Waals surface area contributed by atoms with Crippen LogP contribution in [-0.2, 0) is 0 Å². The van der Waals surface area contributed by atoms with Gasteiger partial charge in [0, 0.05) is 43.1 Å². The largest absolute Gasteiger partial charge is 0.478 e. The number of anilines is 3. The highest BCUT2D eigenvalue weighted by Crippen LogP contribution is 2.28. The molecule has 0 radical (unpaired) electrons. The fourth-order valence-electron chi connectivity index (χ4n) is 4.32. The standard InChI is InChI=1S/C27H29N3O3/c1-18-8-6-10-25(20(18)3)30-15-13-29(14-16-30)21-11-12-24(23(17-21)27(32)33)28-26(31)22-9-5-4-7-19(22)2/h4-12,17H,13-16H2,1-3H3,(H,28,31)(H,32,33). The van der Waals surface area contributed by atoms with E-state index in [4.69, 9.17) is 0 Å². The number of hydrogen-bond donors (Lipinski definition) is 2. The molecule has 3 aromatic rings. The minimum Gasteiger partial charge on any atom is -0.478 e. The number of carboxylic acid groups (broad SMARTS) is 1. The second-order valence-corrected chi connectivity index (χ2v) is 8.50. The van der Waals surface area contributed by atoms with Gasteiger partial charge in [-0.3, -0.25) is 4.79 Å². The summed E-state index contributed by atoms with van der Waals surface area (Å²) in [5.74, 6) is -1.38. The molecule has 1 fully saturated rings. The number of piperazine rings is 1. The highest BCUT2D eigenvalue weighted by molar-refractivity contribution is 6.08. The Kier molecular flexibility index (Phi) is 6.36. The number of rotatable bonds is 5. The first-order valence-corrected chi connectivity index (χ1v) is 11.2. The van der Waals surface area contributed by atoms with E-state index in [0.29, 0.717) is 11.3 Å². The van der Waals surface area contributed by atoms with Gasteiger partial charge in [0.2, 0.25) is 0 Å². The average molecular weight is 444 g/mol. The number of amides is 1. The van der Waals surface area contributed by atoms with Gasteiger partial charge in [-0.15, -0.1) is 0 Å². The van der Waals surface area contributed by atoms with Crippen LogP contribution in [0.15, 0.2) is 60.7 Å². The predicted molar refractivity (Wildman–Crippen MR) is 133 cm³/mol. The molecule has 0 saturated carbocycles. The molecular weight excluding hydrogens is 414 g/mol. The van der Waals surface area contributed by atoms with Crippen molar-refractivity contribution in [2.24, 2.45) is 0 Å². The Bertz CT molecular complexity index is 1200. The van der Waals surface area contributed by atoms with E-state index in [-0.39, 0.29) is 11.5 Å². The van der Waals surface area contributed by atoms with Crippen molar-refractivity contribution in [1.29, 1.82) is 0 Å². The van der Waals surface area contributed by atoms with Gasteiger partial charge in [0.15, 0.2) is 0 Å². The molecule has 0 atom stereocenters. The highest BCUT2D eigenvalue weighted by Gasteiger charge is 2.22. The van der Waals surface area contributed by atoms with Crippen LogP contribution in [0.2, 0.25) is 0 Å². The summed E-state index contributed by atoms with van der Waals surface area (Å²) in [6, 6.07) is 18.8. The molecule has 2 N–H and O–H groups in total. The summed E-state index contributed by atoms with van der Waals surface area (Å²) < 4.78 is 0. The average Bonchev–Trinajstić information content (AvgIpc) is 2.81. The van der Waals surface area contributed by atoms with E-state index in [9.17, 15) is 14.7 Å². The molecule has 1 saturated heterocycles. The molecule has 33 heavy (non-hydrogen) atoms. The molecule has 0 aromatic heterocycles. The summed E-state index contributed by atoms with van der Waals surface area (Å²) in [7, 11) is 0. The van der Waals surface area contributed by atoms with Crippen LogP contribution in [0.4, 0.5) is 17.1 Å². The number of hydrogen-bond acceptors (Lipinski definition) is 4. The van der Waals surface area contributed by atoms with Gasteiger partial charge < -0.3 is 20.2 Å². The van der Waals surface area contributed by atoms with E-state index in [1.807, 2.05) is 25.1 Å². The molecule has 1 aliphatic heterocycles. The Morgan fingerprint density at radius 1 is 0.788 bits per heavy atom. The van der Waals surface area contributed by atoms with Crippen LogP contribution in [0.25, 0.3) is 0 Å². The van der Waals surface area contributed by atoms with E-state index >= 15 is 0 Å². The summed E-state index contributed by atoms with van der Waals surface area (Å²) in [5.41, 5.74) is 6.44. The lowest BCUT2D eigenvalue weighted by atomic mass is 10.1. The lowest BCUT2D eigenvalue weighted by Gasteiger charge is -2.38. The van der Waals surface area contributed by atoms with Crippen LogP contribution >= 0.6 is 0 Å². The molecule has 3 aromatic carbocycles. The molecule has 6 nitrogen and oxygen atoms in total. The first-order valence-electron chi connectivity index (χ1n) is 11.2. The topological polar surface area (TPSA) is 72.9 Å². The lowest BCUT2D eigenvalue weighted by molar-refractivity contribution is 0.0698. The normalized spacial score (nSPS) is 13.7. The maximum Gasteiger partial charge on any atom is 0.337 e. The quantitative estimate of drug-likeness (QED) is 0.587. The Labute approximate surface area is 194 Å². The van der Waals surface area contributed by atoms with E-state index in [1.54, 1.807) is 24.3 Å². The van der Waals surface area contributed by atoms with Crippen molar-refractivity contribution in [1.82, 2.24) is 0 Å². The fourth-order valence-corrected chi connectivity index (χ4v) is 4.32. The minimum atomic E-state index is -1.06. The number of nitrogens with one attached hydrogen (secondary N) is 1. The van der Waals surface area contributed by atoms with Gasteiger partial charge in [0.25, 0.3) is 5.91 Å². The number of carboxylic acids is 1. The Balaban J connectivity index is 1.50. The Hall–Kier alpha value is -3.80. The van der Waals surface area contributed by atoms with Gasteiger partial charge in [0.05, 0.1) is 11.3 Å². The molecule has 6 heteroatoms. The number of benzene rings is 3. The first-order chi connectivity index (χ1) is 15.8. The number of carbonyl (C=O) groups excluding carboxylic acids is 1. The summed E-state index contributed by atoms with van der Waals surface area (Å²) in [5, 5.41) is 12.6. The molecule has 0 spiro atoms. The predicted octanol–water partition coefficient (Wildman–Crippen LogP) is 4.89. The van der Waals surface area contributed by atoms with Gasteiger partial charge in [-0.1, -0.05) is 30.3 Å². The number of carbonyl (C=O) groups is 2. The third-order valence-corrected chi connectivity index (χ3v) is 6.43. The van der Waals surface area contributed by atoms with Crippen LogP contribution in [0.5, 0.6) is 0 Å². The number of aromatic carboxylic acids is 1. The molecule has 170 valence electrons. The van der Waals surface area contributed by atoms with Crippen molar-refractivity contribution in [2.75, 3.05) is 41.3 Å². The fraction of sp³-hybridized carbons (Fsp3) is 0.259. The summed E-state index contributed by atoms with van der Waals surface area (Å²) in [6.07, 6.45) is 0. The number of aryl methyl sites for hydroxylation is 2. The molecule has 4 rings (SSSR count). The second-order valence-electron chi connectivity index (χ2n) is 8.50. The minimum absolute atomic E-state index is 0.0893. The summed E-state index contributed by atoms with van der Waals surface area (Å²) >= 11 is 0. The van der Waals surface area contributed by atoms with E-state index < -0.39 is 5.97 Å². The van der Waals surface area contributed by atoms with Crippen LogP contribution in [-0.4, -0.2) is 43.2 Å². The van der Waals surface area contributed by atoms with Crippen molar-refractivity contribution in [3.8, 4) is 0 Å². The lowest BCUT2D eigenvalue weighted by Crippen LogP contribution is -2.46. The van der Waals surface area contributed by atoms with Gasteiger partial charge in [-0.2, -0.15) is 0 Å². The maximum absolute atomic E-state index is 12.7. The highest BCUT2D eigenvalue weighted by atomic mass is 16.4. The Morgan fingerprint density at radius 3 is 2.15 bits per heavy atom. The second kappa shape index (κ2) is 9.36. The van der Waals surface area contributed by atoms with Crippen molar-refractivity contribution >= 4 is 28.9 Å². The zero-order valence-corrected chi connectivity index (χ0v) is 19.3. The van der Waals surface area contributed by atoms with Crippen molar-refractivity contribution in [3.63, 3.8) is 0 Å².